The van der Waals surface area contributed by atoms with Crippen LogP contribution in [0, 0.1) is 17.8 Å². The molecule has 0 aliphatic heterocycles. The van der Waals surface area contributed by atoms with Crippen LogP contribution in [0.2, 0.25) is 0 Å². The summed E-state index contributed by atoms with van der Waals surface area (Å²) in [6.07, 6.45) is 3.58. The molecule has 4 unspecified atom stereocenters. The van der Waals surface area contributed by atoms with E-state index in [1.807, 2.05) is 35.2 Å². The van der Waals surface area contributed by atoms with E-state index >= 15 is 0 Å². The van der Waals surface area contributed by atoms with Gasteiger partial charge in [-0.3, -0.25) is 4.79 Å². The van der Waals surface area contributed by atoms with E-state index in [2.05, 4.69) is 20.8 Å². The Morgan fingerprint density at radius 3 is 2.50 bits per heavy atom. The number of amides is 1. The van der Waals surface area contributed by atoms with Gasteiger partial charge in [-0.25, -0.2) is 0 Å². The predicted octanol–water partition coefficient (Wildman–Crippen LogP) is 3.64. The van der Waals surface area contributed by atoms with Crippen molar-refractivity contribution in [1.82, 2.24) is 4.90 Å². The summed E-state index contributed by atoms with van der Waals surface area (Å²) in [5, 5.41) is 10.4. The highest BCUT2D eigenvalue weighted by atomic mass is 16.3. The van der Waals surface area contributed by atoms with Crippen molar-refractivity contribution < 1.29 is 9.90 Å². The number of rotatable bonds is 6. The number of aliphatic hydroxyl groups excluding tert-OH is 1. The fourth-order valence-electron chi connectivity index (χ4n) is 3.94. The Balaban J connectivity index is 1.96. The molecule has 1 saturated carbocycles. The molecule has 0 saturated heterocycles. The van der Waals surface area contributed by atoms with Crippen LogP contribution >= 0.6 is 0 Å². The number of benzene rings is 1. The van der Waals surface area contributed by atoms with Crippen LogP contribution < -0.4 is 0 Å². The molecule has 1 fully saturated rings. The van der Waals surface area contributed by atoms with Crippen LogP contribution in [0.4, 0.5) is 0 Å². The summed E-state index contributed by atoms with van der Waals surface area (Å²) in [5.74, 6) is 2.09. The van der Waals surface area contributed by atoms with E-state index in [0.717, 1.165) is 30.7 Å². The lowest BCUT2D eigenvalue weighted by Crippen LogP contribution is -2.42. The molecule has 3 heteroatoms. The molecule has 0 bridgehead atoms. The first kappa shape index (κ1) is 17.0. The quantitative estimate of drug-likeness (QED) is 0.815. The Kier molecular flexibility index (Phi) is 6.01. The second-order valence-electron chi connectivity index (χ2n) is 7.08. The smallest absolute Gasteiger partial charge is 0.210 e. The Morgan fingerprint density at radius 1 is 1.27 bits per heavy atom. The Labute approximate surface area is 134 Å². The Morgan fingerprint density at radius 2 is 1.95 bits per heavy atom. The van der Waals surface area contributed by atoms with Crippen LogP contribution in [-0.2, 0) is 4.79 Å². The highest BCUT2D eigenvalue weighted by Crippen LogP contribution is 2.36. The minimum absolute atomic E-state index is 0.265. The predicted molar refractivity (Wildman–Crippen MR) is 89.3 cm³/mol. The fraction of sp³-hybridized carbons (Fsp3) is 0.632. The minimum atomic E-state index is -0.607. The molecule has 1 aromatic rings. The standard InChI is InChI=1S/C19H29NO2/c1-14(2)18-10-9-17(11-15(18)3)20(13-21)12-19(22)16-7-5-4-6-8-16/h4-8,13-15,17-19,22H,9-12H2,1-3H3. The maximum atomic E-state index is 11.5. The highest BCUT2D eigenvalue weighted by molar-refractivity contribution is 5.48. The third kappa shape index (κ3) is 4.10. The van der Waals surface area contributed by atoms with Gasteiger partial charge in [-0.2, -0.15) is 0 Å². The van der Waals surface area contributed by atoms with Crippen LogP contribution in [0.5, 0.6) is 0 Å². The van der Waals surface area contributed by atoms with Crippen molar-refractivity contribution in [2.45, 2.75) is 52.2 Å². The second kappa shape index (κ2) is 7.77. The molecule has 0 heterocycles. The average molecular weight is 303 g/mol. The van der Waals surface area contributed by atoms with Crippen molar-refractivity contribution in [3.05, 3.63) is 35.9 Å². The summed E-state index contributed by atoms with van der Waals surface area (Å²) in [7, 11) is 0. The molecule has 1 aliphatic carbocycles. The number of hydrogen-bond donors (Lipinski definition) is 1. The molecule has 22 heavy (non-hydrogen) atoms. The van der Waals surface area contributed by atoms with Gasteiger partial charge >= 0.3 is 0 Å². The normalized spacial score (nSPS) is 26.7. The zero-order valence-electron chi connectivity index (χ0n) is 14.0. The number of carbonyl (C=O) groups excluding carboxylic acids is 1. The van der Waals surface area contributed by atoms with Crippen LogP contribution in [-0.4, -0.2) is 29.0 Å². The highest BCUT2D eigenvalue weighted by Gasteiger charge is 2.32. The number of hydrogen-bond acceptors (Lipinski definition) is 2. The van der Waals surface area contributed by atoms with E-state index in [-0.39, 0.29) is 6.04 Å². The number of carbonyl (C=O) groups is 1. The molecular weight excluding hydrogens is 274 g/mol. The van der Waals surface area contributed by atoms with Gasteiger partial charge in [0.05, 0.1) is 12.6 Å². The molecule has 4 atom stereocenters. The van der Waals surface area contributed by atoms with Crippen molar-refractivity contribution in [2.75, 3.05) is 6.54 Å². The first-order chi connectivity index (χ1) is 10.5. The van der Waals surface area contributed by atoms with Crippen molar-refractivity contribution >= 4 is 6.41 Å². The van der Waals surface area contributed by atoms with Gasteiger partial charge in [0.15, 0.2) is 0 Å². The zero-order valence-corrected chi connectivity index (χ0v) is 14.0. The third-order valence-corrected chi connectivity index (χ3v) is 5.24. The summed E-state index contributed by atoms with van der Waals surface area (Å²) in [6.45, 7) is 7.26. The number of aliphatic hydroxyl groups is 1. The topological polar surface area (TPSA) is 40.5 Å². The Bertz CT molecular complexity index is 460. The second-order valence-corrected chi connectivity index (χ2v) is 7.08. The van der Waals surface area contributed by atoms with E-state index in [1.165, 1.54) is 6.42 Å². The van der Waals surface area contributed by atoms with E-state index in [1.54, 1.807) is 0 Å². The van der Waals surface area contributed by atoms with Gasteiger partial charge in [0.1, 0.15) is 0 Å². The molecule has 1 aromatic carbocycles. The van der Waals surface area contributed by atoms with Crippen molar-refractivity contribution in [3.63, 3.8) is 0 Å². The van der Waals surface area contributed by atoms with Gasteiger partial charge < -0.3 is 10.0 Å². The van der Waals surface area contributed by atoms with Crippen LogP contribution in [0.1, 0.15) is 51.7 Å². The van der Waals surface area contributed by atoms with Gasteiger partial charge in [-0.15, -0.1) is 0 Å². The Hall–Kier alpha value is -1.35. The summed E-state index contributed by atoms with van der Waals surface area (Å²) in [5.41, 5.74) is 0.873. The average Bonchev–Trinajstić information content (AvgIpc) is 2.52. The van der Waals surface area contributed by atoms with E-state index < -0.39 is 6.10 Å². The van der Waals surface area contributed by atoms with E-state index in [4.69, 9.17) is 0 Å². The first-order valence-corrected chi connectivity index (χ1v) is 8.47. The molecule has 1 N–H and O–H groups in total. The first-order valence-electron chi connectivity index (χ1n) is 8.47. The maximum Gasteiger partial charge on any atom is 0.210 e. The molecule has 1 aliphatic rings. The third-order valence-electron chi connectivity index (χ3n) is 5.24. The molecular formula is C19H29NO2. The molecule has 0 spiro atoms. The lowest BCUT2D eigenvalue weighted by molar-refractivity contribution is -0.123. The van der Waals surface area contributed by atoms with Gasteiger partial charge in [-0.1, -0.05) is 51.1 Å². The number of nitrogens with zero attached hydrogens (tertiary/aromatic N) is 1. The molecule has 2 rings (SSSR count). The minimum Gasteiger partial charge on any atom is -0.387 e. The van der Waals surface area contributed by atoms with Crippen LogP contribution in [0.25, 0.3) is 0 Å². The van der Waals surface area contributed by atoms with Gasteiger partial charge in [-0.05, 0) is 42.6 Å². The molecule has 122 valence electrons. The summed E-state index contributed by atoms with van der Waals surface area (Å²) >= 11 is 0. The van der Waals surface area contributed by atoms with Gasteiger partial charge in [0.2, 0.25) is 6.41 Å². The van der Waals surface area contributed by atoms with Crippen molar-refractivity contribution in [2.24, 2.45) is 17.8 Å². The summed E-state index contributed by atoms with van der Waals surface area (Å²) < 4.78 is 0. The largest absolute Gasteiger partial charge is 0.387 e. The van der Waals surface area contributed by atoms with Gasteiger partial charge in [0.25, 0.3) is 0 Å². The van der Waals surface area contributed by atoms with Gasteiger partial charge in [0, 0.05) is 6.04 Å². The SMILES string of the molecule is CC(C)C1CCC(N(C=O)CC(O)c2ccccc2)CC1C. The maximum absolute atomic E-state index is 11.5. The molecule has 1 amide bonds. The van der Waals surface area contributed by atoms with Crippen molar-refractivity contribution in [1.29, 1.82) is 0 Å². The van der Waals surface area contributed by atoms with E-state index in [9.17, 15) is 9.90 Å². The summed E-state index contributed by atoms with van der Waals surface area (Å²) in [4.78, 5) is 13.3. The molecule has 0 radical (unpaired) electrons. The summed E-state index contributed by atoms with van der Waals surface area (Å²) in [6, 6.07) is 9.85. The lowest BCUT2D eigenvalue weighted by atomic mass is 9.72. The lowest BCUT2D eigenvalue weighted by Gasteiger charge is -2.40. The molecule has 3 nitrogen and oxygen atoms in total. The zero-order chi connectivity index (χ0) is 16.1. The monoisotopic (exact) mass is 303 g/mol. The molecule has 0 aromatic heterocycles. The fourth-order valence-corrected chi connectivity index (χ4v) is 3.94. The van der Waals surface area contributed by atoms with Crippen LogP contribution in [0.15, 0.2) is 30.3 Å². The van der Waals surface area contributed by atoms with E-state index in [0.29, 0.717) is 18.4 Å². The van der Waals surface area contributed by atoms with Crippen molar-refractivity contribution in [3.8, 4) is 0 Å². The van der Waals surface area contributed by atoms with Crippen LogP contribution in [0.3, 0.4) is 0 Å².